The van der Waals surface area contributed by atoms with Crippen LogP contribution in [0.3, 0.4) is 0 Å². The Labute approximate surface area is 187 Å². The largest absolute Gasteiger partial charge is 0.349 e. The number of hydrogen-bond donors (Lipinski definition) is 1. The summed E-state index contributed by atoms with van der Waals surface area (Å²) in [5, 5.41) is 3.28. The number of hydrogen-bond acceptors (Lipinski definition) is 3. The van der Waals surface area contributed by atoms with Crippen LogP contribution in [0, 0.1) is 23.2 Å². The number of nitrogens with one attached hydrogen (secondary N) is 1. The molecule has 1 aromatic rings. The van der Waals surface area contributed by atoms with Crippen LogP contribution in [0.5, 0.6) is 0 Å². The Bertz CT molecular complexity index is 881. The molecule has 0 aromatic heterocycles. The van der Waals surface area contributed by atoms with Crippen LogP contribution in [-0.2, 0) is 10.0 Å². The third-order valence-corrected chi connectivity index (χ3v) is 10.6. The molecule has 31 heavy (non-hydrogen) atoms. The van der Waals surface area contributed by atoms with Crippen LogP contribution in [0.1, 0.15) is 81.5 Å². The number of rotatable bonds is 5. The van der Waals surface area contributed by atoms with E-state index >= 15 is 0 Å². The van der Waals surface area contributed by atoms with Gasteiger partial charge in [-0.3, -0.25) is 4.79 Å². The molecule has 1 atom stereocenters. The molecular formula is C25H36N2O3S. The molecule has 170 valence electrons. The van der Waals surface area contributed by atoms with Gasteiger partial charge in [0.15, 0.2) is 0 Å². The van der Waals surface area contributed by atoms with E-state index in [0.717, 1.165) is 43.4 Å². The highest BCUT2D eigenvalue weighted by atomic mass is 32.2. The van der Waals surface area contributed by atoms with E-state index in [-0.39, 0.29) is 17.4 Å². The summed E-state index contributed by atoms with van der Waals surface area (Å²) in [7, 11) is -3.48. The Morgan fingerprint density at radius 3 is 1.97 bits per heavy atom. The van der Waals surface area contributed by atoms with Gasteiger partial charge in [0.1, 0.15) is 0 Å². The third-order valence-electron chi connectivity index (χ3n) is 8.67. The first-order valence-corrected chi connectivity index (χ1v) is 13.7. The minimum absolute atomic E-state index is 0.0815. The Morgan fingerprint density at radius 2 is 1.45 bits per heavy atom. The first-order chi connectivity index (χ1) is 14.9. The van der Waals surface area contributed by atoms with Gasteiger partial charge in [-0.2, -0.15) is 4.31 Å². The average molecular weight is 445 g/mol. The van der Waals surface area contributed by atoms with E-state index in [0.29, 0.717) is 23.5 Å². The minimum atomic E-state index is -3.48. The number of amides is 1. The summed E-state index contributed by atoms with van der Waals surface area (Å²) in [6.45, 7) is 3.36. The lowest BCUT2D eigenvalue weighted by Gasteiger charge is -2.59. The zero-order chi connectivity index (χ0) is 21.6. The fourth-order valence-corrected chi connectivity index (χ4v) is 8.87. The molecule has 1 aromatic carbocycles. The molecule has 0 radical (unpaired) electrons. The third kappa shape index (κ3) is 4.06. The summed E-state index contributed by atoms with van der Waals surface area (Å²) in [6.07, 6.45) is 12.0. The van der Waals surface area contributed by atoms with Crippen molar-refractivity contribution in [1.29, 1.82) is 0 Å². The summed E-state index contributed by atoms with van der Waals surface area (Å²) >= 11 is 0. The maximum absolute atomic E-state index is 13.0. The fraction of sp³-hybridized carbons (Fsp3) is 0.720. The van der Waals surface area contributed by atoms with Crippen LogP contribution in [0.4, 0.5) is 0 Å². The van der Waals surface area contributed by atoms with Crippen LogP contribution in [0.2, 0.25) is 0 Å². The summed E-state index contributed by atoms with van der Waals surface area (Å²) < 4.78 is 27.6. The van der Waals surface area contributed by atoms with Crippen molar-refractivity contribution in [2.75, 3.05) is 13.1 Å². The summed E-state index contributed by atoms with van der Waals surface area (Å²) in [5.41, 5.74) is 0.812. The van der Waals surface area contributed by atoms with Crippen LogP contribution in [0.15, 0.2) is 29.2 Å². The van der Waals surface area contributed by atoms with Gasteiger partial charge >= 0.3 is 0 Å². The number of sulfonamides is 1. The first-order valence-electron chi connectivity index (χ1n) is 12.3. The Balaban J connectivity index is 1.26. The molecule has 6 rings (SSSR count). The van der Waals surface area contributed by atoms with Gasteiger partial charge < -0.3 is 5.32 Å². The molecule has 1 heterocycles. The first kappa shape index (κ1) is 21.4. The molecule has 1 unspecified atom stereocenters. The molecule has 4 bridgehead atoms. The van der Waals surface area contributed by atoms with Gasteiger partial charge in [0.05, 0.1) is 4.90 Å². The van der Waals surface area contributed by atoms with E-state index in [1.165, 1.54) is 38.5 Å². The molecule has 5 nitrogen and oxygen atoms in total. The Kier molecular flexibility index (Phi) is 5.66. The van der Waals surface area contributed by atoms with Gasteiger partial charge in [-0.15, -0.1) is 0 Å². The van der Waals surface area contributed by atoms with E-state index in [2.05, 4.69) is 12.2 Å². The van der Waals surface area contributed by atoms with Crippen molar-refractivity contribution >= 4 is 15.9 Å². The molecule has 0 spiro atoms. The molecule has 5 fully saturated rings. The lowest BCUT2D eigenvalue weighted by molar-refractivity contribution is -0.0688. The monoisotopic (exact) mass is 444 g/mol. The van der Waals surface area contributed by atoms with Crippen molar-refractivity contribution in [3.05, 3.63) is 29.8 Å². The normalized spacial score (nSPS) is 34.3. The van der Waals surface area contributed by atoms with Crippen molar-refractivity contribution in [3.63, 3.8) is 0 Å². The molecule has 1 aliphatic heterocycles. The minimum Gasteiger partial charge on any atom is -0.349 e. The van der Waals surface area contributed by atoms with Crippen LogP contribution in [0.25, 0.3) is 0 Å². The van der Waals surface area contributed by atoms with Gasteiger partial charge in [0, 0.05) is 24.7 Å². The molecular weight excluding hydrogens is 408 g/mol. The number of benzene rings is 1. The van der Waals surface area contributed by atoms with Crippen molar-refractivity contribution in [3.8, 4) is 0 Å². The van der Waals surface area contributed by atoms with Crippen molar-refractivity contribution < 1.29 is 13.2 Å². The van der Waals surface area contributed by atoms with Crippen molar-refractivity contribution in [2.24, 2.45) is 23.2 Å². The second-order valence-electron chi connectivity index (χ2n) is 10.8. The van der Waals surface area contributed by atoms with Gasteiger partial charge in [0.2, 0.25) is 10.0 Å². The average Bonchev–Trinajstić information content (AvgIpc) is 3.03. The standard InChI is InChI=1S/C25H36N2O3S/c1-18(25-15-19-12-20(16-25)14-21(13-19)17-25)26-24(28)22-6-8-23(9-7-22)31(29,30)27-10-4-2-3-5-11-27/h6-9,18-21H,2-5,10-17H2,1H3,(H,26,28). The van der Waals surface area contributed by atoms with Crippen LogP contribution in [-0.4, -0.2) is 37.8 Å². The molecule has 1 amide bonds. The second-order valence-corrected chi connectivity index (χ2v) is 12.8. The molecule has 4 aliphatic carbocycles. The van der Waals surface area contributed by atoms with E-state index < -0.39 is 10.0 Å². The summed E-state index contributed by atoms with van der Waals surface area (Å²) in [6, 6.07) is 6.71. The number of nitrogens with zero attached hydrogens (tertiary/aromatic N) is 1. The highest BCUT2D eigenvalue weighted by Gasteiger charge is 2.53. The van der Waals surface area contributed by atoms with Crippen LogP contribution >= 0.6 is 0 Å². The summed E-state index contributed by atoms with van der Waals surface area (Å²) in [5.74, 6) is 2.49. The highest BCUT2D eigenvalue weighted by molar-refractivity contribution is 7.89. The van der Waals surface area contributed by atoms with Gasteiger partial charge in [-0.1, -0.05) is 12.8 Å². The smallest absolute Gasteiger partial charge is 0.251 e. The molecule has 5 aliphatic rings. The second kappa shape index (κ2) is 8.18. The zero-order valence-corrected chi connectivity index (χ0v) is 19.5. The highest BCUT2D eigenvalue weighted by Crippen LogP contribution is 2.61. The van der Waals surface area contributed by atoms with E-state index in [1.54, 1.807) is 28.6 Å². The maximum Gasteiger partial charge on any atom is 0.251 e. The van der Waals surface area contributed by atoms with Gasteiger partial charge in [-0.25, -0.2) is 8.42 Å². The fourth-order valence-electron chi connectivity index (χ4n) is 7.35. The van der Waals surface area contributed by atoms with Crippen LogP contribution < -0.4 is 5.32 Å². The lowest BCUT2D eigenvalue weighted by atomic mass is 9.48. The van der Waals surface area contributed by atoms with Gasteiger partial charge in [-0.05, 0) is 106 Å². The van der Waals surface area contributed by atoms with E-state index in [4.69, 9.17) is 0 Å². The molecule has 1 saturated heterocycles. The molecule has 4 saturated carbocycles. The Morgan fingerprint density at radius 1 is 0.935 bits per heavy atom. The topological polar surface area (TPSA) is 66.5 Å². The van der Waals surface area contributed by atoms with E-state index in [1.807, 2.05) is 0 Å². The zero-order valence-electron chi connectivity index (χ0n) is 18.7. The quantitative estimate of drug-likeness (QED) is 0.722. The number of carbonyl (C=O) groups excluding carboxylic acids is 1. The molecule has 6 heteroatoms. The summed E-state index contributed by atoms with van der Waals surface area (Å²) in [4.78, 5) is 13.3. The Hall–Kier alpha value is -1.40. The van der Waals surface area contributed by atoms with Crippen molar-refractivity contribution in [2.45, 2.75) is 82.1 Å². The van der Waals surface area contributed by atoms with E-state index in [9.17, 15) is 13.2 Å². The lowest BCUT2D eigenvalue weighted by Crippen LogP contribution is -2.55. The predicted molar refractivity (Wildman–Crippen MR) is 121 cm³/mol. The maximum atomic E-state index is 13.0. The molecule has 1 N–H and O–H groups in total. The number of carbonyl (C=O) groups is 1. The van der Waals surface area contributed by atoms with Gasteiger partial charge in [0.25, 0.3) is 5.91 Å². The predicted octanol–water partition coefficient (Wildman–Crippen LogP) is 4.59. The SMILES string of the molecule is CC(NC(=O)c1ccc(S(=O)(=O)N2CCCCCC2)cc1)C12CC3CC(CC(C3)C1)C2. The van der Waals surface area contributed by atoms with Crippen molar-refractivity contribution in [1.82, 2.24) is 9.62 Å².